The van der Waals surface area contributed by atoms with Gasteiger partial charge in [0.15, 0.2) is 5.13 Å². The topological polar surface area (TPSA) is 34.2 Å². The van der Waals surface area contributed by atoms with E-state index in [0.717, 1.165) is 28.5 Å². The average Bonchev–Trinajstić information content (AvgIpc) is 2.85. The SMILES string of the molecule is CCCNc1ncc(COc2cc(F)ccc2C)s1. The zero-order valence-corrected chi connectivity index (χ0v) is 11.9. The smallest absolute Gasteiger partial charge is 0.182 e. The molecule has 3 nitrogen and oxygen atoms in total. The van der Waals surface area contributed by atoms with Gasteiger partial charge in [0.2, 0.25) is 0 Å². The first kappa shape index (κ1) is 13.8. The summed E-state index contributed by atoms with van der Waals surface area (Å²) in [5.41, 5.74) is 0.926. The molecule has 0 unspecified atom stereocenters. The van der Waals surface area contributed by atoms with E-state index >= 15 is 0 Å². The highest BCUT2D eigenvalue weighted by atomic mass is 32.1. The maximum absolute atomic E-state index is 13.1. The molecule has 0 atom stereocenters. The molecule has 1 aromatic carbocycles. The van der Waals surface area contributed by atoms with Gasteiger partial charge in [-0.15, -0.1) is 0 Å². The van der Waals surface area contributed by atoms with Gasteiger partial charge >= 0.3 is 0 Å². The Morgan fingerprint density at radius 3 is 3.05 bits per heavy atom. The van der Waals surface area contributed by atoms with E-state index in [1.807, 2.05) is 6.92 Å². The number of hydrogen-bond donors (Lipinski definition) is 1. The number of aromatic nitrogens is 1. The zero-order valence-electron chi connectivity index (χ0n) is 11.1. The highest BCUT2D eigenvalue weighted by Gasteiger charge is 2.05. The van der Waals surface area contributed by atoms with E-state index in [-0.39, 0.29) is 5.82 Å². The van der Waals surface area contributed by atoms with Gasteiger partial charge < -0.3 is 10.1 Å². The number of anilines is 1. The molecule has 0 aliphatic carbocycles. The molecule has 0 radical (unpaired) electrons. The van der Waals surface area contributed by atoms with Gasteiger partial charge in [-0.2, -0.15) is 0 Å². The number of nitrogens with zero attached hydrogens (tertiary/aromatic N) is 1. The quantitative estimate of drug-likeness (QED) is 0.868. The van der Waals surface area contributed by atoms with Crippen molar-refractivity contribution in [3.63, 3.8) is 0 Å². The van der Waals surface area contributed by atoms with Crippen LogP contribution in [0.2, 0.25) is 0 Å². The van der Waals surface area contributed by atoms with Crippen LogP contribution in [-0.4, -0.2) is 11.5 Å². The summed E-state index contributed by atoms with van der Waals surface area (Å²) in [6.45, 7) is 5.33. The lowest BCUT2D eigenvalue weighted by Crippen LogP contribution is -1.98. The van der Waals surface area contributed by atoms with Crippen molar-refractivity contribution in [1.29, 1.82) is 0 Å². The first-order valence-corrected chi connectivity index (χ1v) is 7.08. The number of thiazole rings is 1. The summed E-state index contributed by atoms with van der Waals surface area (Å²) in [6, 6.07) is 4.56. The van der Waals surface area contributed by atoms with E-state index in [0.29, 0.717) is 12.4 Å². The Morgan fingerprint density at radius 2 is 2.26 bits per heavy atom. The number of benzene rings is 1. The monoisotopic (exact) mass is 280 g/mol. The fraction of sp³-hybridized carbons (Fsp3) is 0.357. The Balaban J connectivity index is 1.94. The molecule has 1 heterocycles. The van der Waals surface area contributed by atoms with E-state index in [4.69, 9.17) is 4.74 Å². The van der Waals surface area contributed by atoms with Crippen LogP contribution in [-0.2, 0) is 6.61 Å². The molecule has 0 fully saturated rings. The summed E-state index contributed by atoms with van der Waals surface area (Å²) >= 11 is 1.56. The number of halogens is 1. The molecule has 0 spiro atoms. The second-order valence-electron chi connectivity index (χ2n) is 4.26. The van der Waals surface area contributed by atoms with Crippen molar-refractivity contribution < 1.29 is 9.13 Å². The Labute approximate surface area is 116 Å². The Bertz CT molecular complexity index is 542. The minimum absolute atomic E-state index is 0.282. The maximum atomic E-state index is 13.1. The standard InChI is InChI=1S/C14H17FN2OS/c1-3-6-16-14-17-8-12(19-14)9-18-13-7-11(15)5-4-10(13)2/h4-5,7-8H,3,6,9H2,1-2H3,(H,16,17). The number of nitrogens with one attached hydrogen (secondary N) is 1. The van der Waals surface area contributed by atoms with Crippen LogP contribution in [0.3, 0.4) is 0 Å². The molecule has 0 saturated carbocycles. The summed E-state index contributed by atoms with van der Waals surface area (Å²) in [5.74, 6) is 0.298. The van der Waals surface area contributed by atoms with Crippen LogP contribution in [0, 0.1) is 12.7 Å². The van der Waals surface area contributed by atoms with Crippen LogP contribution in [0.1, 0.15) is 23.8 Å². The molecule has 0 bridgehead atoms. The van der Waals surface area contributed by atoms with E-state index in [1.165, 1.54) is 12.1 Å². The molecule has 0 aliphatic rings. The molecule has 1 aromatic heterocycles. The third kappa shape index (κ3) is 3.92. The van der Waals surface area contributed by atoms with Gasteiger partial charge in [0.1, 0.15) is 18.2 Å². The van der Waals surface area contributed by atoms with Gasteiger partial charge in [0.25, 0.3) is 0 Å². The Morgan fingerprint density at radius 1 is 1.42 bits per heavy atom. The van der Waals surface area contributed by atoms with Gasteiger partial charge in [-0.3, -0.25) is 0 Å². The van der Waals surface area contributed by atoms with Crippen LogP contribution in [0.4, 0.5) is 9.52 Å². The van der Waals surface area contributed by atoms with Crippen molar-refractivity contribution in [2.24, 2.45) is 0 Å². The van der Waals surface area contributed by atoms with Crippen LogP contribution in [0.15, 0.2) is 24.4 Å². The molecular weight excluding hydrogens is 263 g/mol. The largest absolute Gasteiger partial charge is 0.488 e. The molecule has 1 N–H and O–H groups in total. The second-order valence-corrected chi connectivity index (χ2v) is 5.37. The highest BCUT2D eigenvalue weighted by Crippen LogP contribution is 2.23. The van der Waals surface area contributed by atoms with Crippen LogP contribution < -0.4 is 10.1 Å². The molecule has 0 amide bonds. The van der Waals surface area contributed by atoms with Gasteiger partial charge in [-0.25, -0.2) is 9.37 Å². The predicted octanol–water partition coefficient (Wildman–Crippen LogP) is 3.99. The summed E-state index contributed by atoms with van der Waals surface area (Å²) < 4.78 is 18.7. The summed E-state index contributed by atoms with van der Waals surface area (Å²) in [6.07, 6.45) is 2.85. The maximum Gasteiger partial charge on any atom is 0.182 e. The molecule has 0 saturated heterocycles. The normalized spacial score (nSPS) is 10.5. The number of ether oxygens (including phenoxy) is 1. The average molecular weight is 280 g/mol. The molecule has 2 rings (SSSR count). The lowest BCUT2D eigenvalue weighted by Gasteiger charge is -2.07. The number of aryl methyl sites for hydroxylation is 1. The highest BCUT2D eigenvalue weighted by molar-refractivity contribution is 7.15. The summed E-state index contributed by atoms with van der Waals surface area (Å²) in [7, 11) is 0. The first-order valence-electron chi connectivity index (χ1n) is 6.26. The fourth-order valence-corrected chi connectivity index (χ4v) is 2.32. The Kier molecular flexibility index (Phi) is 4.74. The molecule has 2 aromatic rings. The van der Waals surface area contributed by atoms with Gasteiger partial charge in [-0.1, -0.05) is 24.3 Å². The minimum atomic E-state index is -0.282. The molecule has 102 valence electrons. The lowest BCUT2D eigenvalue weighted by molar-refractivity contribution is 0.305. The van der Waals surface area contributed by atoms with E-state index < -0.39 is 0 Å². The third-order valence-corrected chi connectivity index (χ3v) is 3.53. The van der Waals surface area contributed by atoms with Gasteiger partial charge in [0, 0.05) is 18.8 Å². The van der Waals surface area contributed by atoms with E-state index in [2.05, 4.69) is 17.2 Å². The van der Waals surface area contributed by atoms with E-state index in [1.54, 1.807) is 23.6 Å². The van der Waals surface area contributed by atoms with Crippen LogP contribution in [0.5, 0.6) is 5.75 Å². The zero-order chi connectivity index (χ0) is 13.7. The molecular formula is C14H17FN2OS. The van der Waals surface area contributed by atoms with Gasteiger partial charge in [-0.05, 0) is 25.0 Å². The van der Waals surface area contributed by atoms with Crippen molar-refractivity contribution in [2.75, 3.05) is 11.9 Å². The van der Waals surface area contributed by atoms with Crippen molar-refractivity contribution >= 4 is 16.5 Å². The number of rotatable bonds is 6. The summed E-state index contributed by atoms with van der Waals surface area (Å²) in [4.78, 5) is 5.28. The fourth-order valence-electron chi connectivity index (χ4n) is 1.57. The molecule has 19 heavy (non-hydrogen) atoms. The van der Waals surface area contributed by atoms with E-state index in [9.17, 15) is 4.39 Å². The lowest BCUT2D eigenvalue weighted by atomic mass is 10.2. The van der Waals surface area contributed by atoms with Crippen LogP contribution >= 0.6 is 11.3 Å². The van der Waals surface area contributed by atoms with Crippen molar-refractivity contribution in [2.45, 2.75) is 26.9 Å². The van der Waals surface area contributed by atoms with Crippen LogP contribution in [0.25, 0.3) is 0 Å². The molecule has 0 aliphatic heterocycles. The Hall–Kier alpha value is -1.62. The first-order chi connectivity index (χ1) is 9.19. The minimum Gasteiger partial charge on any atom is -0.488 e. The second kappa shape index (κ2) is 6.52. The predicted molar refractivity (Wildman–Crippen MR) is 76.4 cm³/mol. The van der Waals surface area contributed by atoms with Crippen molar-refractivity contribution in [1.82, 2.24) is 4.98 Å². The van der Waals surface area contributed by atoms with Crippen molar-refractivity contribution in [3.05, 3.63) is 40.7 Å². The molecule has 5 heteroatoms. The number of hydrogen-bond acceptors (Lipinski definition) is 4. The van der Waals surface area contributed by atoms with Gasteiger partial charge in [0.05, 0.1) is 4.88 Å². The van der Waals surface area contributed by atoms with Crippen molar-refractivity contribution in [3.8, 4) is 5.75 Å². The third-order valence-electron chi connectivity index (χ3n) is 2.60. The summed E-state index contributed by atoms with van der Waals surface area (Å²) in [5, 5.41) is 4.12.